The molecular formula is C9H9F3N2O4S. The van der Waals surface area contributed by atoms with Gasteiger partial charge in [0, 0.05) is 0 Å². The summed E-state index contributed by atoms with van der Waals surface area (Å²) in [4.78, 5) is 23.3. The van der Waals surface area contributed by atoms with Crippen molar-refractivity contribution in [1.29, 1.82) is 0 Å². The summed E-state index contributed by atoms with van der Waals surface area (Å²) in [6, 6.07) is -0.873. The molecule has 2 heterocycles. The Hall–Kier alpha value is -1.42. The third-order valence-electron chi connectivity index (χ3n) is 2.61. The van der Waals surface area contributed by atoms with E-state index in [1.165, 1.54) is 0 Å². The summed E-state index contributed by atoms with van der Waals surface area (Å²) in [6.45, 7) is -2.09. The van der Waals surface area contributed by atoms with Crippen LogP contribution in [0.5, 0.6) is 0 Å². The van der Waals surface area contributed by atoms with E-state index >= 15 is 0 Å². The Kier molecular flexibility index (Phi) is 3.39. The van der Waals surface area contributed by atoms with E-state index in [1.807, 2.05) is 0 Å². The predicted molar refractivity (Wildman–Crippen MR) is 57.7 cm³/mol. The van der Waals surface area contributed by atoms with Crippen molar-refractivity contribution in [2.45, 2.75) is 17.5 Å². The fourth-order valence-electron chi connectivity index (χ4n) is 1.77. The third kappa shape index (κ3) is 2.25. The number of hydrogen-bond acceptors (Lipinski definition) is 5. The van der Waals surface area contributed by atoms with E-state index in [-0.39, 0.29) is 5.75 Å². The molecule has 1 saturated heterocycles. The molecule has 6 nitrogen and oxygen atoms in total. The molecule has 19 heavy (non-hydrogen) atoms. The number of carboxylic acids is 1. The lowest BCUT2D eigenvalue weighted by molar-refractivity contribution is -0.223. The average Bonchev–Trinajstić information content (AvgIpc) is 2.36. The van der Waals surface area contributed by atoms with Gasteiger partial charge in [0.25, 0.3) is 0 Å². The number of amides is 1. The first-order valence-electron chi connectivity index (χ1n) is 5.08. The van der Waals surface area contributed by atoms with E-state index in [4.69, 9.17) is 10.8 Å². The van der Waals surface area contributed by atoms with Crippen molar-refractivity contribution in [3.63, 3.8) is 0 Å². The number of β-lactam (4-membered cyclic amide) rings is 1. The van der Waals surface area contributed by atoms with Gasteiger partial charge in [-0.15, -0.1) is 11.8 Å². The molecule has 0 saturated carbocycles. The molecule has 2 atom stereocenters. The van der Waals surface area contributed by atoms with Crippen molar-refractivity contribution in [3.05, 3.63) is 11.5 Å². The monoisotopic (exact) mass is 298 g/mol. The summed E-state index contributed by atoms with van der Waals surface area (Å²) in [5.74, 6) is -3.16. The summed E-state index contributed by atoms with van der Waals surface area (Å²) in [6.07, 6.45) is -4.13. The number of alkyl halides is 3. The first-order chi connectivity index (χ1) is 8.78. The fourth-order valence-corrected chi connectivity index (χ4v) is 2.97. The number of carbonyl (C=O) groups excluding carboxylic acids is 1. The highest BCUT2D eigenvalue weighted by molar-refractivity contribution is 8.00. The van der Waals surface area contributed by atoms with E-state index in [1.54, 1.807) is 0 Å². The second-order valence-corrected chi connectivity index (χ2v) is 4.99. The lowest BCUT2D eigenvalue weighted by atomic mass is 10.1. The number of carboxylic acid groups (broad SMARTS) is 1. The SMILES string of the molecule is N[C@@H]1C(=O)N2C(C(=O)O)=C(OC(F)(F)CF)CS[C@H]12. The second kappa shape index (κ2) is 4.60. The summed E-state index contributed by atoms with van der Waals surface area (Å²) >= 11 is 0.983. The Bertz CT molecular complexity index is 470. The second-order valence-electron chi connectivity index (χ2n) is 3.89. The molecule has 2 aliphatic rings. The van der Waals surface area contributed by atoms with Crippen molar-refractivity contribution < 1.29 is 32.6 Å². The number of fused-ring (bicyclic) bond motifs is 1. The Morgan fingerprint density at radius 1 is 1.63 bits per heavy atom. The van der Waals surface area contributed by atoms with Gasteiger partial charge in [-0.3, -0.25) is 9.69 Å². The van der Waals surface area contributed by atoms with Crippen LogP contribution < -0.4 is 5.73 Å². The molecule has 0 aromatic heterocycles. The molecule has 0 radical (unpaired) electrons. The number of halogens is 3. The van der Waals surface area contributed by atoms with Crippen LogP contribution in [-0.2, 0) is 14.3 Å². The largest absolute Gasteiger partial charge is 0.476 e. The molecule has 0 spiro atoms. The molecule has 0 unspecified atom stereocenters. The molecule has 1 fully saturated rings. The van der Waals surface area contributed by atoms with Gasteiger partial charge in [0.05, 0.1) is 5.75 Å². The first kappa shape index (κ1) is 14.0. The molecule has 106 valence electrons. The molecule has 2 aliphatic heterocycles. The predicted octanol–water partition coefficient (Wildman–Crippen LogP) is 0.104. The van der Waals surface area contributed by atoms with Crippen LogP contribution in [0.25, 0.3) is 0 Å². The Balaban J connectivity index is 2.33. The van der Waals surface area contributed by atoms with Crippen LogP contribution in [0, 0.1) is 0 Å². The molecule has 0 aliphatic carbocycles. The van der Waals surface area contributed by atoms with Crippen LogP contribution in [0.3, 0.4) is 0 Å². The number of rotatable bonds is 4. The quantitative estimate of drug-likeness (QED) is 0.715. The minimum Gasteiger partial charge on any atom is -0.476 e. The van der Waals surface area contributed by atoms with Crippen LogP contribution in [0.4, 0.5) is 13.2 Å². The Labute approximate surface area is 109 Å². The van der Waals surface area contributed by atoms with Gasteiger partial charge in [-0.25, -0.2) is 9.18 Å². The fraction of sp³-hybridized carbons (Fsp3) is 0.556. The highest BCUT2D eigenvalue weighted by Gasteiger charge is 2.53. The van der Waals surface area contributed by atoms with E-state index in [2.05, 4.69) is 4.74 Å². The maximum atomic E-state index is 12.8. The van der Waals surface area contributed by atoms with E-state index in [0.717, 1.165) is 16.7 Å². The standard InChI is InChI=1S/C9H9F3N2O4S/c10-2-9(11,12)18-3-1-19-7-4(13)6(15)14(7)5(3)8(16)17/h4,7H,1-2,13H2,(H,16,17)/t4-,7-/m1/s1. The van der Waals surface area contributed by atoms with E-state index in [9.17, 15) is 22.8 Å². The highest BCUT2D eigenvalue weighted by Crippen LogP contribution is 2.41. The molecule has 3 N–H and O–H groups in total. The van der Waals surface area contributed by atoms with Gasteiger partial charge in [-0.05, 0) is 0 Å². The van der Waals surface area contributed by atoms with Gasteiger partial charge in [-0.1, -0.05) is 0 Å². The zero-order chi connectivity index (χ0) is 14.4. The molecule has 0 bridgehead atoms. The molecule has 10 heteroatoms. The number of ether oxygens (including phenoxy) is 1. The zero-order valence-corrected chi connectivity index (χ0v) is 10.1. The zero-order valence-electron chi connectivity index (χ0n) is 9.31. The molecular weight excluding hydrogens is 289 g/mol. The van der Waals surface area contributed by atoms with Crippen LogP contribution in [-0.4, -0.2) is 51.8 Å². The van der Waals surface area contributed by atoms with Gasteiger partial charge in [0.15, 0.2) is 12.4 Å². The summed E-state index contributed by atoms with van der Waals surface area (Å²) in [5.41, 5.74) is 4.76. The molecule has 2 rings (SSSR count). The number of aliphatic carboxylic acids is 1. The van der Waals surface area contributed by atoms with Gasteiger partial charge < -0.3 is 15.6 Å². The normalized spacial score (nSPS) is 26.9. The smallest absolute Gasteiger partial charge is 0.426 e. The number of carbonyl (C=O) groups is 2. The lowest BCUT2D eigenvalue weighted by Crippen LogP contribution is -2.68. The highest BCUT2D eigenvalue weighted by atomic mass is 32.2. The van der Waals surface area contributed by atoms with Gasteiger partial charge in [-0.2, -0.15) is 8.78 Å². The summed E-state index contributed by atoms with van der Waals surface area (Å²) < 4.78 is 41.8. The number of thioether (sulfide) groups is 1. The summed E-state index contributed by atoms with van der Waals surface area (Å²) in [5, 5.41) is 8.36. The molecule has 0 aromatic rings. The first-order valence-corrected chi connectivity index (χ1v) is 6.13. The summed E-state index contributed by atoms with van der Waals surface area (Å²) in [7, 11) is 0. The average molecular weight is 298 g/mol. The maximum Gasteiger partial charge on any atom is 0.426 e. The minimum atomic E-state index is -4.13. The van der Waals surface area contributed by atoms with Crippen molar-refractivity contribution in [1.82, 2.24) is 4.90 Å². The van der Waals surface area contributed by atoms with Crippen molar-refractivity contribution in [2.75, 3.05) is 12.4 Å². The van der Waals surface area contributed by atoms with Gasteiger partial charge >= 0.3 is 12.1 Å². The van der Waals surface area contributed by atoms with E-state index in [0.29, 0.717) is 0 Å². The maximum absolute atomic E-state index is 12.8. The lowest BCUT2D eigenvalue weighted by Gasteiger charge is -2.47. The van der Waals surface area contributed by atoms with Crippen LogP contribution in [0.2, 0.25) is 0 Å². The van der Waals surface area contributed by atoms with Gasteiger partial charge in [0.1, 0.15) is 17.2 Å². The number of hydrogen-bond donors (Lipinski definition) is 2. The van der Waals surface area contributed by atoms with Crippen molar-refractivity contribution >= 4 is 23.6 Å². The molecule has 1 amide bonds. The number of nitrogens with zero attached hydrogens (tertiary/aromatic N) is 1. The Morgan fingerprint density at radius 3 is 2.79 bits per heavy atom. The molecule has 0 aromatic carbocycles. The Morgan fingerprint density at radius 2 is 2.26 bits per heavy atom. The third-order valence-corrected chi connectivity index (χ3v) is 3.88. The topological polar surface area (TPSA) is 92.9 Å². The van der Waals surface area contributed by atoms with Gasteiger partial charge in [0.2, 0.25) is 5.91 Å². The van der Waals surface area contributed by atoms with Crippen LogP contribution >= 0.6 is 11.8 Å². The van der Waals surface area contributed by atoms with Crippen LogP contribution in [0.15, 0.2) is 11.5 Å². The minimum absolute atomic E-state index is 0.223. The van der Waals surface area contributed by atoms with Crippen LogP contribution in [0.1, 0.15) is 0 Å². The number of nitrogens with two attached hydrogens (primary N) is 1. The van der Waals surface area contributed by atoms with Crippen molar-refractivity contribution in [2.24, 2.45) is 5.73 Å². The van der Waals surface area contributed by atoms with E-state index < -0.39 is 47.5 Å². The van der Waals surface area contributed by atoms with Crippen molar-refractivity contribution in [3.8, 4) is 0 Å².